The molecular formula is C22H18Cl2N2O4. The summed E-state index contributed by atoms with van der Waals surface area (Å²) < 4.78 is 5.13. The molecule has 2 aromatic carbocycles. The first kappa shape index (κ1) is 20.5. The number of halogens is 2. The molecule has 30 heavy (non-hydrogen) atoms. The Labute approximate surface area is 182 Å². The number of likely N-dealkylation sites (tertiary alicyclic amines) is 1. The first-order valence-corrected chi connectivity index (χ1v) is 9.98. The number of carbonyl (C=O) groups excluding carboxylic acids is 2. The van der Waals surface area contributed by atoms with E-state index in [1.165, 1.54) is 24.1 Å². The number of hydrogen-bond donors (Lipinski definition) is 2. The van der Waals surface area contributed by atoms with E-state index in [0.29, 0.717) is 16.1 Å². The normalized spacial score (nSPS) is 18.5. The molecule has 0 saturated carbocycles. The highest BCUT2D eigenvalue weighted by atomic mass is 35.5. The van der Waals surface area contributed by atoms with Crippen LogP contribution in [0.2, 0.25) is 10.0 Å². The lowest BCUT2D eigenvalue weighted by atomic mass is 9.95. The third-order valence-corrected chi connectivity index (χ3v) is 5.92. The second kappa shape index (κ2) is 8.14. The van der Waals surface area contributed by atoms with Crippen molar-refractivity contribution < 1.29 is 19.4 Å². The Bertz CT molecular complexity index is 1180. The van der Waals surface area contributed by atoms with Gasteiger partial charge in [-0.15, -0.1) is 0 Å². The summed E-state index contributed by atoms with van der Waals surface area (Å²) in [5, 5.41) is 12.5. The van der Waals surface area contributed by atoms with Gasteiger partial charge in [-0.25, -0.2) is 0 Å². The van der Waals surface area contributed by atoms with Gasteiger partial charge in [0.25, 0.3) is 11.7 Å². The Balaban J connectivity index is 1.93. The summed E-state index contributed by atoms with van der Waals surface area (Å²) in [5.41, 5.74) is 1.88. The number of aromatic amines is 1. The molecule has 1 atom stereocenters. The monoisotopic (exact) mass is 444 g/mol. The smallest absolute Gasteiger partial charge is 0.295 e. The standard InChI is InChI=1S/C22H18Cl2N2O4/c1-30-9-8-26-19(14-11-25-17-5-3-2-4-13(14)17)18(21(28)22(26)29)20(27)12-6-7-15(23)16(24)10-12/h2-7,10-11,19,25,27H,8-9H2,1H3/b20-18+. The molecule has 6 nitrogen and oxygen atoms in total. The van der Waals surface area contributed by atoms with E-state index in [1.54, 1.807) is 12.3 Å². The largest absolute Gasteiger partial charge is 0.507 e. The number of methoxy groups -OCH3 is 1. The minimum absolute atomic E-state index is 0.000699. The molecule has 1 saturated heterocycles. The van der Waals surface area contributed by atoms with E-state index < -0.39 is 17.7 Å². The van der Waals surface area contributed by atoms with Crippen LogP contribution in [0.15, 0.2) is 54.2 Å². The van der Waals surface area contributed by atoms with Crippen LogP contribution in [0.3, 0.4) is 0 Å². The molecule has 154 valence electrons. The zero-order chi connectivity index (χ0) is 21.4. The minimum atomic E-state index is -0.772. The number of ketones is 1. The summed E-state index contributed by atoms with van der Waals surface area (Å²) in [6, 6.07) is 11.3. The van der Waals surface area contributed by atoms with E-state index >= 15 is 0 Å². The Morgan fingerprint density at radius 3 is 2.67 bits per heavy atom. The molecule has 8 heteroatoms. The summed E-state index contributed by atoms with van der Waals surface area (Å²) in [5.74, 6) is -1.75. The van der Waals surface area contributed by atoms with Gasteiger partial charge in [0.05, 0.1) is 28.3 Å². The number of aliphatic hydroxyl groups excluding tert-OH is 1. The van der Waals surface area contributed by atoms with Gasteiger partial charge in [-0.1, -0.05) is 41.4 Å². The quantitative estimate of drug-likeness (QED) is 0.343. The van der Waals surface area contributed by atoms with Crippen molar-refractivity contribution in [3.8, 4) is 0 Å². The van der Waals surface area contributed by atoms with Gasteiger partial charge in [-0.05, 0) is 24.3 Å². The van der Waals surface area contributed by atoms with Crippen molar-refractivity contribution in [1.29, 1.82) is 0 Å². The number of aromatic nitrogens is 1. The summed E-state index contributed by atoms with van der Waals surface area (Å²) in [7, 11) is 1.52. The maximum Gasteiger partial charge on any atom is 0.295 e. The van der Waals surface area contributed by atoms with Crippen molar-refractivity contribution in [3.05, 3.63) is 75.4 Å². The maximum absolute atomic E-state index is 13.0. The van der Waals surface area contributed by atoms with E-state index in [-0.39, 0.29) is 29.5 Å². The van der Waals surface area contributed by atoms with Crippen LogP contribution in [-0.2, 0) is 14.3 Å². The molecule has 1 unspecified atom stereocenters. The fourth-order valence-corrected chi connectivity index (χ4v) is 4.04. The molecule has 4 rings (SSSR count). The zero-order valence-corrected chi connectivity index (χ0v) is 17.5. The van der Waals surface area contributed by atoms with Gasteiger partial charge in [-0.3, -0.25) is 9.59 Å². The van der Waals surface area contributed by atoms with E-state index in [0.717, 1.165) is 10.9 Å². The van der Waals surface area contributed by atoms with Gasteiger partial charge in [0.2, 0.25) is 0 Å². The van der Waals surface area contributed by atoms with Crippen molar-refractivity contribution in [2.45, 2.75) is 6.04 Å². The lowest BCUT2D eigenvalue weighted by molar-refractivity contribution is -0.140. The number of fused-ring (bicyclic) bond motifs is 1. The van der Waals surface area contributed by atoms with Crippen molar-refractivity contribution >= 4 is 51.6 Å². The molecule has 0 aliphatic carbocycles. The van der Waals surface area contributed by atoms with Crippen LogP contribution in [0.25, 0.3) is 16.7 Å². The topological polar surface area (TPSA) is 82.6 Å². The van der Waals surface area contributed by atoms with E-state index in [9.17, 15) is 14.7 Å². The number of aliphatic hydroxyl groups is 1. The number of carbonyl (C=O) groups is 2. The number of Topliss-reactive ketones (excluding diaryl/α,β-unsaturated/α-hetero) is 1. The van der Waals surface area contributed by atoms with Crippen LogP contribution in [0.4, 0.5) is 0 Å². The number of hydrogen-bond acceptors (Lipinski definition) is 4. The summed E-state index contributed by atoms with van der Waals surface area (Å²) >= 11 is 12.1. The minimum Gasteiger partial charge on any atom is -0.507 e. The Morgan fingerprint density at radius 1 is 1.17 bits per heavy atom. The number of rotatable bonds is 5. The summed E-state index contributed by atoms with van der Waals surface area (Å²) in [4.78, 5) is 30.4. The van der Waals surface area contributed by atoms with Crippen LogP contribution in [0.1, 0.15) is 17.2 Å². The summed E-state index contributed by atoms with van der Waals surface area (Å²) in [6.07, 6.45) is 1.75. The number of amides is 1. The van der Waals surface area contributed by atoms with Gasteiger partial charge in [-0.2, -0.15) is 0 Å². The molecular weight excluding hydrogens is 427 g/mol. The first-order valence-electron chi connectivity index (χ1n) is 9.22. The summed E-state index contributed by atoms with van der Waals surface area (Å²) in [6.45, 7) is 0.447. The molecule has 1 amide bonds. The fraction of sp³-hybridized carbons (Fsp3) is 0.182. The number of H-pyrrole nitrogens is 1. The molecule has 0 radical (unpaired) electrons. The molecule has 1 aliphatic rings. The molecule has 2 heterocycles. The van der Waals surface area contributed by atoms with Crippen molar-refractivity contribution in [2.24, 2.45) is 0 Å². The van der Waals surface area contributed by atoms with Gasteiger partial charge in [0.1, 0.15) is 5.76 Å². The van der Waals surface area contributed by atoms with Gasteiger partial charge in [0.15, 0.2) is 0 Å². The van der Waals surface area contributed by atoms with Crippen LogP contribution in [-0.4, -0.2) is 46.9 Å². The third kappa shape index (κ3) is 3.37. The van der Waals surface area contributed by atoms with Crippen LogP contribution >= 0.6 is 23.2 Å². The van der Waals surface area contributed by atoms with Crippen LogP contribution < -0.4 is 0 Å². The highest BCUT2D eigenvalue weighted by Crippen LogP contribution is 2.42. The van der Waals surface area contributed by atoms with Crippen molar-refractivity contribution in [1.82, 2.24) is 9.88 Å². The van der Waals surface area contributed by atoms with E-state index in [4.69, 9.17) is 27.9 Å². The van der Waals surface area contributed by atoms with Crippen LogP contribution in [0, 0.1) is 0 Å². The Morgan fingerprint density at radius 2 is 1.93 bits per heavy atom. The molecule has 1 fully saturated rings. The number of nitrogens with zero attached hydrogens (tertiary/aromatic N) is 1. The van der Waals surface area contributed by atoms with E-state index in [1.807, 2.05) is 24.3 Å². The number of ether oxygens (including phenoxy) is 1. The molecule has 0 spiro atoms. The average molecular weight is 445 g/mol. The van der Waals surface area contributed by atoms with Gasteiger partial charge < -0.3 is 19.7 Å². The average Bonchev–Trinajstić information content (AvgIpc) is 3.27. The van der Waals surface area contributed by atoms with Crippen LogP contribution in [0.5, 0.6) is 0 Å². The lowest BCUT2D eigenvalue weighted by Crippen LogP contribution is -2.32. The maximum atomic E-state index is 13.0. The highest BCUT2D eigenvalue weighted by Gasteiger charge is 2.46. The Kier molecular flexibility index (Phi) is 5.56. The molecule has 3 aromatic rings. The molecule has 0 bridgehead atoms. The molecule has 2 N–H and O–H groups in total. The third-order valence-electron chi connectivity index (χ3n) is 5.19. The predicted molar refractivity (Wildman–Crippen MR) is 116 cm³/mol. The molecule has 1 aromatic heterocycles. The number of nitrogens with one attached hydrogen (secondary N) is 1. The predicted octanol–water partition coefficient (Wildman–Crippen LogP) is 4.54. The van der Waals surface area contributed by atoms with Crippen molar-refractivity contribution in [2.75, 3.05) is 20.3 Å². The Hall–Kier alpha value is -2.80. The number of benzene rings is 2. The SMILES string of the molecule is COCCN1C(=O)C(=O)/C(=C(/O)c2ccc(Cl)c(Cl)c2)C1c1c[nH]c2ccccc12. The molecule has 1 aliphatic heterocycles. The zero-order valence-electron chi connectivity index (χ0n) is 16.0. The lowest BCUT2D eigenvalue weighted by Gasteiger charge is -2.24. The number of para-hydroxylation sites is 1. The van der Waals surface area contributed by atoms with Gasteiger partial charge >= 0.3 is 0 Å². The van der Waals surface area contributed by atoms with E-state index in [2.05, 4.69) is 4.98 Å². The highest BCUT2D eigenvalue weighted by molar-refractivity contribution is 6.47. The van der Waals surface area contributed by atoms with Gasteiger partial charge in [0, 0.05) is 41.9 Å². The fourth-order valence-electron chi connectivity index (χ4n) is 3.74. The second-order valence-corrected chi connectivity index (χ2v) is 7.72. The first-order chi connectivity index (χ1) is 14.4. The van der Waals surface area contributed by atoms with Crippen molar-refractivity contribution in [3.63, 3.8) is 0 Å². The second-order valence-electron chi connectivity index (χ2n) is 6.90.